The van der Waals surface area contributed by atoms with Gasteiger partial charge in [-0.2, -0.15) is 0 Å². The van der Waals surface area contributed by atoms with Gasteiger partial charge in [-0.15, -0.1) is 0 Å². The van der Waals surface area contributed by atoms with Gasteiger partial charge in [0.25, 0.3) is 0 Å². The molecular formula is C22H26N2O3. The van der Waals surface area contributed by atoms with Crippen LogP contribution >= 0.6 is 0 Å². The summed E-state index contributed by atoms with van der Waals surface area (Å²) >= 11 is 0. The summed E-state index contributed by atoms with van der Waals surface area (Å²) < 4.78 is 10.7. The van der Waals surface area contributed by atoms with Gasteiger partial charge in [-0.3, -0.25) is 9.69 Å². The number of carbonyl (C=O) groups is 1. The molecule has 3 rings (SSSR count). The Kier molecular flexibility index (Phi) is 7.02. The average molecular weight is 366 g/mol. The second-order valence-electron chi connectivity index (χ2n) is 6.50. The zero-order chi connectivity index (χ0) is 18.9. The maximum Gasteiger partial charge on any atom is 0.244 e. The topological polar surface area (TPSA) is 50.8 Å². The summed E-state index contributed by atoms with van der Waals surface area (Å²) in [7, 11) is 1.62. The lowest BCUT2D eigenvalue weighted by Gasteiger charge is -2.26. The molecule has 27 heavy (non-hydrogen) atoms. The van der Waals surface area contributed by atoms with Crippen molar-refractivity contribution in [1.29, 1.82) is 0 Å². The molecule has 0 atom stereocenters. The summed E-state index contributed by atoms with van der Waals surface area (Å²) in [4.78, 5) is 14.5. The summed E-state index contributed by atoms with van der Waals surface area (Å²) in [5.41, 5.74) is 3.24. The van der Waals surface area contributed by atoms with E-state index in [1.165, 1.54) is 11.6 Å². The highest BCUT2D eigenvalue weighted by Crippen LogP contribution is 2.18. The summed E-state index contributed by atoms with van der Waals surface area (Å²) in [5, 5.41) is 2.91. The average Bonchev–Trinajstić information content (AvgIpc) is 2.72. The molecule has 5 heteroatoms. The van der Waals surface area contributed by atoms with Crippen LogP contribution < -0.4 is 10.1 Å². The first kappa shape index (κ1) is 19.1. The zero-order valence-corrected chi connectivity index (χ0v) is 15.7. The summed E-state index contributed by atoms with van der Waals surface area (Å²) in [5.74, 6) is 0.621. The minimum absolute atomic E-state index is 0.127. The van der Waals surface area contributed by atoms with Gasteiger partial charge in [0.1, 0.15) is 5.75 Å². The van der Waals surface area contributed by atoms with E-state index >= 15 is 0 Å². The Labute approximate surface area is 160 Å². The zero-order valence-electron chi connectivity index (χ0n) is 15.7. The monoisotopic (exact) mass is 366 g/mol. The minimum atomic E-state index is -0.127. The summed E-state index contributed by atoms with van der Waals surface area (Å²) in [6.45, 7) is 5.04. The molecule has 1 amide bonds. The van der Waals surface area contributed by atoms with Crippen molar-refractivity contribution in [3.63, 3.8) is 0 Å². The second kappa shape index (κ2) is 9.90. The van der Waals surface area contributed by atoms with Gasteiger partial charge < -0.3 is 14.8 Å². The maximum atomic E-state index is 12.1. The Bertz CT molecular complexity index is 765. The van der Waals surface area contributed by atoms with Crippen molar-refractivity contribution in [1.82, 2.24) is 10.2 Å². The fourth-order valence-electron chi connectivity index (χ4n) is 3.00. The first-order valence-corrected chi connectivity index (χ1v) is 9.21. The quantitative estimate of drug-likeness (QED) is 0.766. The van der Waals surface area contributed by atoms with Crippen LogP contribution in [0.25, 0.3) is 6.08 Å². The molecule has 0 unspecified atom stereocenters. The third-order valence-electron chi connectivity index (χ3n) is 4.55. The molecule has 0 spiro atoms. The number of rotatable bonds is 7. The number of methoxy groups -OCH3 is 1. The van der Waals surface area contributed by atoms with Crippen molar-refractivity contribution in [3.05, 3.63) is 71.3 Å². The highest BCUT2D eigenvalue weighted by atomic mass is 16.5. The van der Waals surface area contributed by atoms with Crippen molar-refractivity contribution >= 4 is 12.0 Å². The maximum absolute atomic E-state index is 12.1. The van der Waals surface area contributed by atoms with Crippen molar-refractivity contribution in [2.75, 3.05) is 33.4 Å². The number of nitrogens with zero attached hydrogens (tertiary/aromatic N) is 1. The Morgan fingerprint density at radius 2 is 1.81 bits per heavy atom. The van der Waals surface area contributed by atoms with E-state index in [2.05, 4.69) is 34.5 Å². The number of ether oxygens (including phenoxy) is 2. The van der Waals surface area contributed by atoms with Gasteiger partial charge in [0.2, 0.25) is 5.91 Å². The molecule has 2 aromatic carbocycles. The van der Waals surface area contributed by atoms with Crippen molar-refractivity contribution in [3.8, 4) is 5.75 Å². The molecule has 142 valence electrons. The molecule has 1 fully saturated rings. The smallest absolute Gasteiger partial charge is 0.244 e. The molecule has 5 nitrogen and oxygen atoms in total. The lowest BCUT2D eigenvalue weighted by Crippen LogP contribution is -2.35. The molecule has 1 aliphatic rings. The van der Waals surface area contributed by atoms with E-state index in [-0.39, 0.29) is 5.91 Å². The predicted molar refractivity (Wildman–Crippen MR) is 106 cm³/mol. The van der Waals surface area contributed by atoms with E-state index in [4.69, 9.17) is 9.47 Å². The van der Waals surface area contributed by atoms with Gasteiger partial charge in [0.05, 0.1) is 20.3 Å². The summed E-state index contributed by atoms with van der Waals surface area (Å²) in [6.07, 6.45) is 3.30. The van der Waals surface area contributed by atoms with Crippen molar-refractivity contribution < 1.29 is 14.3 Å². The molecule has 1 N–H and O–H groups in total. The first-order valence-electron chi connectivity index (χ1n) is 9.21. The lowest BCUT2D eigenvalue weighted by molar-refractivity contribution is -0.116. The van der Waals surface area contributed by atoms with E-state index in [0.29, 0.717) is 6.54 Å². The Hall–Kier alpha value is -2.63. The van der Waals surface area contributed by atoms with Gasteiger partial charge in [0.15, 0.2) is 0 Å². The van der Waals surface area contributed by atoms with Crippen LogP contribution in [0.5, 0.6) is 5.75 Å². The third kappa shape index (κ3) is 5.94. The Morgan fingerprint density at radius 3 is 2.56 bits per heavy atom. The van der Waals surface area contributed by atoms with E-state index in [1.807, 2.05) is 24.3 Å². The number of nitrogens with one attached hydrogen (secondary N) is 1. The number of hydrogen-bond acceptors (Lipinski definition) is 4. The Morgan fingerprint density at radius 1 is 1.11 bits per heavy atom. The molecule has 0 radical (unpaired) electrons. The van der Waals surface area contributed by atoms with Crippen LogP contribution in [0.4, 0.5) is 0 Å². The number of morpholine rings is 1. The van der Waals surface area contributed by atoms with Gasteiger partial charge in [0, 0.05) is 37.8 Å². The molecule has 1 saturated heterocycles. The van der Waals surface area contributed by atoms with Crippen LogP contribution in [0.3, 0.4) is 0 Å². The molecular weight excluding hydrogens is 340 g/mol. The number of amides is 1. The predicted octanol–water partition coefficient (Wildman–Crippen LogP) is 2.86. The van der Waals surface area contributed by atoms with E-state index in [1.54, 1.807) is 13.2 Å². The lowest BCUT2D eigenvalue weighted by atomic mass is 10.1. The van der Waals surface area contributed by atoms with E-state index < -0.39 is 0 Å². The van der Waals surface area contributed by atoms with E-state index in [9.17, 15) is 4.79 Å². The van der Waals surface area contributed by atoms with Crippen LogP contribution in [0.1, 0.15) is 16.7 Å². The standard InChI is InChI=1S/C22H26N2O3/c1-26-21-5-3-2-4-20(21)10-11-22(25)23-16-18-6-8-19(9-7-18)17-24-12-14-27-15-13-24/h2-11H,12-17H2,1H3,(H,23,25)/b11-10+. The normalized spacial score (nSPS) is 15.0. The van der Waals surface area contributed by atoms with Crippen LogP contribution in [0.15, 0.2) is 54.6 Å². The van der Waals surface area contributed by atoms with Crippen LogP contribution in [0, 0.1) is 0 Å². The second-order valence-corrected chi connectivity index (χ2v) is 6.50. The highest BCUT2D eigenvalue weighted by molar-refractivity contribution is 5.92. The fraction of sp³-hybridized carbons (Fsp3) is 0.318. The number of para-hydroxylation sites is 1. The van der Waals surface area contributed by atoms with Crippen molar-refractivity contribution in [2.24, 2.45) is 0 Å². The number of benzene rings is 2. The largest absolute Gasteiger partial charge is 0.496 e. The van der Waals surface area contributed by atoms with Crippen LogP contribution in [-0.2, 0) is 22.6 Å². The van der Waals surface area contributed by atoms with Crippen molar-refractivity contribution in [2.45, 2.75) is 13.1 Å². The number of carbonyl (C=O) groups excluding carboxylic acids is 1. The third-order valence-corrected chi connectivity index (χ3v) is 4.55. The minimum Gasteiger partial charge on any atom is -0.496 e. The SMILES string of the molecule is COc1ccccc1/C=C/C(=O)NCc1ccc(CN2CCOCC2)cc1. The summed E-state index contributed by atoms with van der Waals surface area (Å²) in [6, 6.07) is 16.0. The van der Waals surface area contributed by atoms with Crippen LogP contribution in [0.2, 0.25) is 0 Å². The van der Waals surface area contributed by atoms with Gasteiger partial charge >= 0.3 is 0 Å². The molecule has 1 heterocycles. The fourth-order valence-corrected chi connectivity index (χ4v) is 3.00. The Balaban J connectivity index is 1.47. The molecule has 2 aromatic rings. The molecule has 0 aromatic heterocycles. The van der Waals surface area contributed by atoms with Gasteiger partial charge in [-0.1, -0.05) is 42.5 Å². The first-order chi connectivity index (χ1) is 13.2. The van der Waals surface area contributed by atoms with Crippen LogP contribution in [-0.4, -0.2) is 44.2 Å². The molecule has 1 aliphatic heterocycles. The molecule has 0 saturated carbocycles. The van der Waals surface area contributed by atoms with E-state index in [0.717, 1.165) is 49.7 Å². The highest BCUT2D eigenvalue weighted by Gasteiger charge is 2.10. The van der Waals surface area contributed by atoms with Gasteiger partial charge in [-0.25, -0.2) is 0 Å². The molecule has 0 aliphatic carbocycles. The molecule has 0 bridgehead atoms. The van der Waals surface area contributed by atoms with Gasteiger partial charge in [-0.05, 0) is 23.3 Å². The number of hydrogen-bond donors (Lipinski definition) is 1.